The van der Waals surface area contributed by atoms with Gasteiger partial charge in [0.2, 0.25) is 0 Å². The summed E-state index contributed by atoms with van der Waals surface area (Å²) in [5.41, 5.74) is -0.523. The van der Waals surface area contributed by atoms with E-state index in [4.69, 9.17) is 4.74 Å². The fourth-order valence-electron chi connectivity index (χ4n) is 2.69. The molecule has 2 aromatic rings. The molecule has 1 unspecified atom stereocenters. The SMILES string of the molecule is COc1ccccc1N1/C(=C(\C#N)Sc2cc(C(F)(F)F)ccc2F)SCC1O. The Hall–Kier alpha value is -2.35. The minimum atomic E-state index is -4.63. The predicted octanol–water partition coefficient (Wildman–Crippen LogP) is 5.21. The van der Waals surface area contributed by atoms with Crippen molar-refractivity contribution in [1.29, 1.82) is 5.26 Å². The van der Waals surface area contributed by atoms with Crippen LogP contribution in [0.1, 0.15) is 5.56 Å². The quantitative estimate of drug-likeness (QED) is 0.399. The van der Waals surface area contributed by atoms with Crippen LogP contribution >= 0.6 is 23.5 Å². The largest absolute Gasteiger partial charge is 0.495 e. The monoisotopic (exact) mass is 442 g/mol. The Balaban J connectivity index is 2.05. The van der Waals surface area contributed by atoms with Crippen LogP contribution in [0.4, 0.5) is 23.2 Å². The lowest BCUT2D eigenvalue weighted by atomic mass is 10.2. The number of halogens is 4. The lowest BCUT2D eigenvalue weighted by molar-refractivity contribution is -0.137. The summed E-state index contributed by atoms with van der Waals surface area (Å²) in [5.74, 6) is -0.202. The first-order valence-electron chi connectivity index (χ1n) is 8.18. The van der Waals surface area contributed by atoms with Gasteiger partial charge in [0, 0.05) is 10.6 Å². The third-order valence-electron chi connectivity index (χ3n) is 4.00. The molecule has 0 saturated carbocycles. The molecule has 4 nitrogen and oxygen atoms in total. The molecule has 29 heavy (non-hydrogen) atoms. The van der Waals surface area contributed by atoms with Gasteiger partial charge in [-0.1, -0.05) is 23.9 Å². The third-order valence-corrected chi connectivity index (χ3v) is 6.29. The van der Waals surface area contributed by atoms with Crippen molar-refractivity contribution >= 4 is 29.2 Å². The van der Waals surface area contributed by atoms with Crippen molar-refractivity contribution in [2.24, 2.45) is 0 Å². The van der Waals surface area contributed by atoms with E-state index in [2.05, 4.69) is 0 Å². The third kappa shape index (κ3) is 4.47. The molecule has 1 N–H and O–H groups in total. The zero-order valence-electron chi connectivity index (χ0n) is 14.9. The number of anilines is 1. The van der Waals surface area contributed by atoms with Crippen molar-refractivity contribution in [2.45, 2.75) is 17.3 Å². The van der Waals surface area contributed by atoms with Crippen LogP contribution in [0.15, 0.2) is 57.3 Å². The summed E-state index contributed by atoms with van der Waals surface area (Å²) in [4.78, 5) is 1.10. The Morgan fingerprint density at radius 2 is 2.03 bits per heavy atom. The van der Waals surface area contributed by atoms with Crippen LogP contribution in [-0.4, -0.2) is 24.2 Å². The van der Waals surface area contributed by atoms with E-state index in [0.717, 1.165) is 17.8 Å². The van der Waals surface area contributed by atoms with Crippen molar-refractivity contribution in [3.8, 4) is 11.8 Å². The van der Waals surface area contributed by atoms with E-state index in [1.165, 1.54) is 12.0 Å². The number of para-hydroxylation sites is 2. The Bertz CT molecular complexity index is 989. The van der Waals surface area contributed by atoms with Gasteiger partial charge in [-0.3, -0.25) is 0 Å². The molecule has 3 rings (SSSR count). The maximum Gasteiger partial charge on any atom is 0.416 e. The van der Waals surface area contributed by atoms with Gasteiger partial charge in [0.25, 0.3) is 0 Å². The van der Waals surface area contributed by atoms with E-state index in [1.54, 1.807) is 24.3 Å². The number of aliphatic hydroxyl groups excluding tert-OH is 1. The highest BCUT2D eigenvalue weighted by Crippen LogP contribution is 2.45. The van der Waals surface area contributed by atoms with Crippen LogP contribution in [0.25, 0.3) is 0 Å². The van der Waals surface area contributed by atoms with Gasteiger partial charge in [0.05, 0.1) is 18.4 Å². The van der Waals surface area contributed by atoms with E-state index in [-0.39, 0.29) is 15.6 Å². The Morgan fingerprint density at radius 3 is 2.69 bits per heavy atom. The summed E-state index contributed by atoms with van der Waals surface area (Å²) < 4.78 is 58.4. The van der Waals surface area contributed by atoms with Crippen molar-refractivity contribution in [2.75, 3.05) is 17.8 Å². The number of hydrogen-bond donors (Lipinski definition) is 1. The second-order valence-electron chi connectivity index (χ2n) is 5.82. The summed E-state index contributed by atoms with van der Waals surface area (Å²) in [5, 5.41) is 20.4. The molecule has 1 atom stereocenters. The van der Waals surface area contributed by atoms with Crippen LogP contribution in [-0.2, 0) is 6.18 Å². The highest BCUT2D eigenvalue weighted by molar-refractivity contribution is 8.07. The number of hydrogen-bond acceptors (Lipinski definition) is 6. The number of ether oxygens (including phenoxy) is 1. The zero-order chi connectivity index (χ0) is 21.2. The minimum Gasteiger partial charge on any atom is -0.495 e. The molecule has 0 aromatic heterocycles. The average molecular weight is 442 g/mol. The van der Waals surface area contributed by atoms with Crippen LogP contribution in [0.2, 0.25) is 0 Å². The van der Waals surface area contributed by atoms with Crippen molar-refractivity contribution in [3.63, 3.8) is 0 Å². The molecule has 10 heteroatoms. The zero-order valence-corrected chi connectivity index (χ0v) is 16.5. The topological polar surface area (TPSA) is 56.5 Å². The molecule has 1 saturated heterocycles. The normalized spacial score (nSPS) is 18.5. The van der Waals surface area contributed by atoms with Gasteiger partial charge in [-0.05, 0) is 30.3 Å². The summed E-state index contributed by atoms with van der Waals surface area (Å²) in [6.45, 7) is 0. The number of nitrogens with zero attached hydrogens (tertiary/aromatic N) is 2. The van der Waals surface area contributed by atoms with Crippen molar-refractivity contribution in [3.05, 3.63) is 63.8 Å². The smallest absolute Gasteiger partial charge is 0.416 e. The van der Waals surface area contributed by atoms with Gasteiger partial charge >= 0.3 is 6.18 Å². The fraction of sp³-hybridized carbons (Fsp3) is 0.211. The summed E-state index contributed by atoms with van der Waals surface area (Å²) in [6.07, 6.45) is -5.62. The number of benzene rings is 2. The molecule has 1 aliphatic rings. The van der Waals surface area contributed by atoms with Crippen molar-refractivity contribution < 1.29 is 27.4 Å². The summed E-state index contributed by atoms with van der Waals surface area (Å²) in [6, 6.07) is 10.8. The molecule has 0 spiro atoms. The standard InChI is InChI=1S/C19H14F4N2O2S2/c1-27-14-5-3-2-4-13(14)25-17(26)10-28-18(25)16(9-24)29-15-8-11(19(21,22)23)6-7-12(15)20/h2-8,17,26H,10H2,1H3/b18-16-. The van der Waals surface area contributed by atoms with E-state index >= 15 is 0 Å². The molecule has 0 bridgehead atoms. The molecule has 0 radical (unpaired) electrons. The maximum atomic E-state index is 14.1. The number of alkyl halides is 3. The first-order chi connectivity index (χ1) is 13.8. The number of nitriles is 1. The number of rotatable bonds is 4. The number of allylic oxidation sites excluding steroid dienone is 1. The number of aliphatic hydroxyl groups is 1. The van der Waals surface area contributed by atoms with E-state index in [0.29, 0.717) is 40.4 Å². The second-order valence-corrected chi connectivity index (χ2v) is 7.89. The summed E-state index contributed by atoms with van der Waals surface area (Å²) in [7, 11) is 1.45. The number of methoxy groups -OCH3 is 1. The molecule has 152 valence electrons. The molecule has 0 amide bonds. The molecule has 2 aromatic carbocycles. The van der Waals surface area contributed by atoms with Crippen LogP contribution < -0.4 is 9.64 Å². The van der Waals surface area contributed by atoms with Crippen LogP contribution in [0, 0.1) is 17.1 Å². The van der Waals surface area contributed by atoms with E-state index in [1.807, 2.05) is 6.07 Å². The first kappa shape index (κ1) is 21.4. The minimum absolute atomic E-state index is 0.0318. The maximum absolute atomic E-state index is 14.1. The molecule has 0 aliphatic carbocycles. The molecular weight excluding hydrogens is 428 g/mol. The van der Waals surface area contributed by atoms with Gasteiger partial charge in [0.15, 0.2) is 0 Å². The molecule has 1 heterocycles. The highest BCUT2D eigenvalue weighted by Gasteiger charge is 2.34. The van der Waals surface area contributed by atoms with Gasteiger partial charge < -0.3 is 14.7 Å². The summed E-state index contributed by atoms with van der Waals surface area (Å²) >= 11 is 1.74. The van der Waals surface area contributed by atoms with Gasteiger partial charge in [-0.2, -0.15) is 18.4 Å². The first-order valence-corrected chi connectivity index (χ1v) is 9.98. The van der Waals surface area contributed by atoms with E-state index in [9.17, 15) is 27.9 Å². The second kappa shape index (κ2) is 8.57. The highest BCUT2D eigenvalue weighted by atomic mass is 32.2. The Kier molecular flexibility index (Phi) is 6.31. The van der Waals surface area contributed by atoms with Gasteiger partial charge in [0.1, 0.15) is 33.8 Å². The molecule has 1 aliphatic heterocycles. The van der Waals surface area contributed by atoms with Crippen molar-refractivity contribution in [1.82, 2.24) is 0 Å². The van der Waals surface area contributed by atoms with Crippen LogP contribution in [0.5, 0.6) is 5.75 Å². The van der Waals surface area contributed by atoms with Crippen LogP contribution in [0.3, 0.4) is 0 Å². The number of thioether (sulfide) groups is 2. The Morgan fingerprint density at radius 1 is 1.31 bits per heavy atom. The van der Waals surface area contributed by atoms with Gasteiger partial charge in [-0.15, -0.1) is 11.8 Å². The average Bonchev–Trinajstić information content (AvgIpc) is 3.07. The molecule has 1 fully saturated rings. The van der Waals surface area contributed by atoms with Gasteiger partial charge in [-0.25, -0.2) is 4.39 Å². The lowest BCUT2D eigenvalue weighted by Crippen LogP contribution is -2.30. The molecular formula is C19H14F4N2O2S2. The van der Waals surface area contributed by atoms with E-state index < -0.39 is 23.8 Å². The fourth-order valence-corrected chi connectivity index (χ4v) is 4.79. The lowest BCUT2D eigenvalue weighted by Gasteiger charge is -2.25. The predicted molar refractivity (Wildman–Crippen MR) is 104 cm³/mol. The Labute approximate surface area is 172 Å².